The van der Waals surface area contributed by atoms with Crippen molar-refractivity contribution in [3.8, 4) is 22.6 Å². The molecule has 0 N–H and O–H groups in total. The Morgan fingerprint density at radius 1 is 0.853 bits per heavy atom. The Morgan fingerprint density at radius 3 is 2.50 bits per heavy atom. The van der Waals surface area contributed by atoms with E-state index in [1.165, 1.54) is 13.2 Å². The second kappa shape index (κ2) is 8.89. The van der Waals surface area contributed by atoms with Crippen LogP contribution >= 0.6 is 23.2 Å². The highest BCUT2D eigenvalue weighted by molar-refractivity contribution is 6.42. The van der Waals surface area contributed by atoms with E-state index in [1.807, 2.05) is 6.07 Å². The largest absolute Gasteiger partial charge is 0.493 e. The molecule has 170 valence electrons. The molecule has 0 amide bonds. The number of ether oxygens (including phenoxy) is 2. The van der Waals surface area contributed by atoms with Gasteiger partial charge in [0.2, 0.25) is 0 Å². The number of para-hydroxylation sites is 1. The smallest absolute Gasteiger partial charge is 0.344 e. The van der Waals surface area contributed by atoms with E-state index in [4.69, 9.17) is 41.5 Å². The number of benzene rings is 3. The normalized spacial score (nSPS) is 11.1. The fourth-order valence-corrected chi connectivity index (χ4v) is 4.04. The molecule has 0 aliphatic carbocycles. The third-order valence-corrected chi connectivity index (χ3v) is 6.08. The lowest BCUT2D eigenvalue weighted by Crippen LogP contribution is -2.07. The third-order valence-electron chi connectivity index (χ3n) is 5.34. The van der Waals surface area contributed by atoms with Crippen molar-refractivity contribution in [3.05, 3.63) is 103 Å². The van der Waals surface area contributed by atoms with Crippen LogP contribution in [-0.2, 0) is 6.61 Å². The minimum Gasteiger partial charge on any atom is -0.493 e. The first-order chi connectivity index (χ1) is 16.4. The van der Waals surface area contributed by atoms with E-state index >= 15 is 0 Å². The lowest BCUT2D eigenvalue weighted by Gasteiger charge is -2.10. The second-order valence-corrected chi connectivity index (χ2v) is 8.31. The summed E-state index contributed by atoms with van der Waals surface area (Å²) < 4.78 is 22.0. The maximum atomic E-state index is 12.8. The molecule has 0 unspecified atom stereocenters. The van der Waals surface area contributed by atoms with E-state index < -0.39 is 11.3 Å². The molecule has 3 aromatic carbocycles. The predicted molar refractivity (Wildman–Crippen MR) is 131 cm³/mol. The Labute approximate surface area is 202 Å². The minimum absolute atomic E-state index is 0.239. The zero-order valence-electron chi connectivity index (χ0n) is 17.8. The van der Waals surface area contributed by atoms with Crippen LogP contribution < -0.4 is 20.7 Å². The van der Waals surface area contributed by atoms with E-state index in [1.54, 1.807) is 54.6 Å². The summed E-state index contributed by atoms with van der Waals surface area (Å²) >= 11 is 12.0. The highest BCUT2D eigenvalue weighted by Gasteiger charge is 2.16. The monoisotopic (exact) mass is 494 g/mol. The van der Waals surface area contributed by atoms with Crippen molar-refractivity contribution in [1.29, 1.82) is 0 Å². The van der Waals surface area contributed by atoms with E-state index in [9.17, 15) is 9.59 Å². The molecule has 2 heterocycles. The molecule has 6 nitrogen and oxygen atoms in total. The molecule has 2 aromatic heterocycles. The van der Waals surface area contributed by atoms with Crippen molar-refractivity contribution in [2.45, 2.75) is 6.61 Å². The molecule has 0 atom stereocenters. The highest BCUT2D eigenvalue weighted by Crippen LogP contribution is 2.32. The minimum atomic E-state index is -0.603. The number of rotatable bonds is 5. The van der Waals surface area contributed by atoms with Gasteiger partial charge in [0.25, 0.3) is 0 Å². The van der Waals surface area contributed by atoms with Gasteiger partial charge in [-0.2, -0.15) is 0 Å². The van der Waals surface area contributed by atoms with Crippen molar-refractivity contribution in [2.24, 2.45) is 0 Å². The summed E-state index contributed by atoms with van der Waals surface area (Å²) in [6.45, 7) is 0.239. The topological polar surface area (TPSA) is 78.9 Å². The van der Waals surface area contributed by atoms with E-state index in [0.29, 0.717) is 43.5 Å². The van der Waals surface area contributed by atoms with Crippen LogP contribution in [0.3, 0.4) is 0 Å². The zero-order valence-corrected chi connectivity index (χ0v) is 19.3. The molecule has 0 fully saturated rings. The summed E-state index contributed by atoms with van der Waals surface area (Å²) in [6, 6.07) is 18.5. The van der Waals surface area contributed by atoms with Gasteiger partial charge in [0.05, 0.1) is 22.7 Å². The van der Waals surface area contributed by atoms with Crippen LogP contribution in [0.15, 0.2) is 85.2 Å². The molecule has 0 aliphatic rings. The summed E-state index contributed by atoms with van der Waals surface area (Å²) in [5.41, 5.74) is 0.888. The fraction of sp³-hybridized carbons (Fsp3) is 0.0769. The highest BCUT2D eigenvalue weighted by atomic mass is 35.5. The molecule has 8 heteroatoms. The Hall–Kier alpha value is -3.74. The fourth-order valence-electron chi connectivity index (χ4n) is 3.72. The van der Waals surface area contributed by atoms with Gasteiger partial charge < -0.3 is 18.3 Å². The van der Waals surface area contributed by atoms with Gasteiger partial charge in [0.1, 0.15) is 17.9 Å². The van der Waals surface area contributed by atoms with Gasteiger partial charge in [-0.15, -0.1) is 0 Å². The number of methoxy groups -OCH3 is 1. The Kier molecular flexibility index (Phi) is 5.77. The Balaban J connectivity index is 1.55. The van der Waals surface area contributed by atoms with Crippen molar-refractivity contribution < 1.29 is 18.3 Å². The van der Waals surface area contributed by atoms with Gasteiger partial charge in [-0.1, -0.05) is 41.4 Å². The molecule has 34 heavy (non-hydrogen) atoms. The van der Waals surface area contributed by atoms with Gasteiger partial charge in [0, 0.05) is 28.5 Å². The molecular formula is C26H16Cl2O6. The van der Waals surface area contributed by atoms with E-state index in [2.05, 4.69) is 0 Å². The molecule has 0 spiro atoms. The Morgan fingerprint density at radius 2 is 1.71 bits per heavy atom. The molecule has 0 aliphatic heterocycles. The summed E-state index contributed by atoms with van der Waals surface area (Å²) in [7, 11) is 1.50. The molecule has 0 radical (unpaired) electrons. The molecule has 0 saturated carbocycles. The van der Waals surface area contributed by atoms with Crippen LogP contribution in [0.25, 0.3) is 33.1 Å². The van der Waals surface area contributed by atoms with E-state index in [0.717, 1.165) is 5.56 Å². The summed E-state index contributed by atoms with van der Waals surface area (Å²) in [5.74, 6) is 0.927. The van der Waals surface area contributed by atoms with Crippen molar-refractivity contribution in [3.63, 3.8) is 0 Å². The summed E-state index contributed by atoms with van der Waals surface area (Å²) in [5, 5.41) is 2.12. The number of hydrogen-bond acceptors (Lipinski definition) is 6. The maximum Gasteiger partial charge on any atom is 0.344 e. The maximum absolute atomic E-state index is 12.8. The second-order valence-electron chi connectivity index (χ2n) is 7.50. The average molecular weight is 495 g/mol. The number of halogens is 2. The van der Waals surface area contributed by atoms with Crippen LogP contribution in [0.1, 0.15) is 5.56 Å². The summed E-state index contributed by atoms with van der Waals surface area (Å²) in [6.07, 6.45) is 0. The first-order valence-corrected chi connectivity index (χ1v) is 10.9. The first kappa shape index (κ1) is 22.1. The lowest BCUT2D eigenvalue weighted by molar-refractivity contribution is 0.306. The first-order valence-electron chi connectivity index (χ1n) is 10.2. The van der Waals surface area contributed by atoms with Crippen LogP contribution in [0.4, 0.5) is 0 Å². The lowest BCUT2D eigenvalue weighted by atomic mass is 10.0. The number of hydrogen-bond donors (Lipinski definition) is 0. The Bertz CT molecular complexity index is 1670. The van der Waals surface area contributed by atoms with Crippen LogP contribution in [0, 0.1) is 0 Å². The molecule has 0 saturated heterocycles. The van der Waals surface area contributed by atoms with Gasteiger partial charge in [-0.05, 0) is 42.0 Å². The van der Waals surface area contributed by atoms with Crippen LogP contribution in [-0.4, -0.2) is 7.11 Å². The summed E-state index contributed by atoms with van der Waals surface area (Å²) in [4.78, 5) is 25.2. The van der Waals surface area contributed by atoms with E-state index in [-0.39, 0.29) is 17.8 Å². The van der Waals surface area contributed by atoms with Gasteiger partial charge >= 0.3 is 11.3 Å². The predicted octanol–water partition coefficient (Wildman–Crippen LogP) is 6.46. The molecule has 5 rings (SSSR count). The van der Waals surface area contributed by atoms with Crippen molar-refractivity contribution >= 4 is 45.1 Å². The van der Waals surface area contributed by atoms with Gasteiger partial charge in [-0.3, -0.25) is 0 Å². The quantitative estimate of drug-likeness (QED) is 0.261. The zero-order chi connectivity index (χ0) is 23.8. The van der Waals surface area contributed by atoms with Crippen LogP contribution in [0.5, 0.6) is 11.5 Å². The number of fused-ring (bicyclic) bond motifs is 2. The van der Waals surface area contributed by atoms with Crippen molar-refractivity contribution in [1.82, 2.24) is 0 Å². The molecule has 5 aromatic rings. The molecule has 0 bridgehead atoms. The average Bonchev–Trinajstić information content (AvgIpc) is 2.83. The molecular weight excluding hydrogens is 479 g/mol. The van der Waals surface area contributed by atoms with Crippen molar-refractivity contribution in [2.75, 3.05) is 7.11 Å². The van der Waals surface area contributed by atoms with Gasteiger partial charge in [-0.25, -0.2) is 9.59 Å². The standard InChI is InChI=1S/C26H16Cl2O6/c1-31-22-4-2-3-15-10-19(26(30)34-25(15)22)18-12-24(29)33-23-11-16(6-7-17(18)23)32-13-14-5-8-20(27)21(28)9-14/h2-12H,13H2,1H3. The van der Waals surface area contributed by atoms with Crippen LogP contribution in [0.2, 0.25) is 10.0 Å². The van der Waals surface area contributed by atoms with Gasteiger partial charge in [0.15, 0.2) is 11.3 Å². The SMILES string of the molecule is COc1cccc2cc(-c3cc(=O)oc4cc(OCc5ccc(Cl)c(Cl)c5)ccc34)c(=O)oc12. The third kappa shape index (κ3) is 4.14.